The van der Waals surface area contributed by atoms with Crippen molar-refractivity contribution in [1.82, 2.24) is 5.32 Å². The maximum absolute atomic E-state index is 13.6. The van der Waals surface area contributed by atoms with E-state index in [4.69, 9.17) is 11.6 Å². The third-order valence-electron chi connectivity index (χ3n) is 7.03. The summed E-state index contributed by atoms with van der Waals surface area (Å²) < 4.78 is 13.5. The third-order valence-corrected chi connectivity index (χ3v) is 7.36. The number of amides is 3. The highest BCUT2D eigenvalue weighted by Gasteiger charge is 2.43. The minimum atomic E-state index is -0.560. The molecule has 3 aromatic rings. The van der Waals surface area contributed by atoms with Gasteiger partial charge in [-0.3, -0.25) is 14.4 Å². The molecule has 0 aliphatic carbocycles. The smallest absolute Gasteiger partial charge is 0.258 e. The van der Waals surface area contributed by atoms with Crippen molar-refractivity contribution in [2.45, 2.75) is 25.7 Å². The monoisotopic (exact) mass is 505 g/mol. The summed E-state index contributed by atoms with van der Waals surface area (Å²) in [4.78, 5) is 40.7. The van der Waals surface area contributed by atoms with Gasteiger partial charge in [-0.05, 0) is 79.8 Å². The first-order valence-corrected chi connectivity index (χ1v) is 12.3. The quantitative estimate of drug-likeness (QED) is 0.512. The maximum atomic E-state index is 13.6. The molecule has 0 bridgehead atoms. The second-order valence-corrected chi connectivity index (χ2v) is 9.71. The molecule has 0 radical (unpaired) electrons. The fourth-order valence-corrected chi connectivity index (χ4v) is 5.30. The molecule has 1 saturated heterocycles. The number of para-hydroxylation sites is 1. The summed E-state index contributed by atoms with van der Waals surface area (Å²) in [5.74, 6) is -1.22. The summed E-state index contributed by atoms with van der Waals surface area (Å²) in [7, 11) is 0. The Morgan fingerprint density at radius 2 is 1.81 bits per heavy atom. The Morgan fingerprint density at radius 3 is 2.58 bits per heavy atom. The topological polar surface area (TPSA) is 78.5 Å². The van der Waals surface area contributed by atoms with Crippen molar-refractivity contribution in [1.29, 1.82) is 0 Å². The second kappa shape index (κ2) is 9.74. The maximum Gasteiger partial charge on any atom is 0.258 e. The van der Waals surface area contributed by atoms with Crippen LogP contribution in [0.5, 0.6) is 0 Å². The molecule has 0 aromatic heterocycles. The van der Waals surface area contributed by atoms with E-state index in [1.807, 2.05) is 24.3 Å². The SMILES string of the molecule is O=C(Nc1ccc(C(=O)N2CCC3(CCCNC3=O)Cc3ccccc32)cc1)c1cc(F)ccc1Cl. The number of hydrogen-bond donors (Lipinski definition) is 2. The van der Waals surface area contributed by atoms with Crippen LogP contribution in [-0.4, -0.2) is 30.8 Å². The van der Waals surface area contributed by atoms with Gasteiger partial charge in [0.25, 0.3) is 11.8 Å². The van der Waals surface area contributed by atoms with Crippen molar-refractivity contribution in [3.05, 3.63) is 94.3 Å². The normalized spacial score (nSPS) is 19.3. The fraction of sp³-hybridized carbons (Fsp3) is 0.250. The van der Waals surface area contributed by atoms with Crippen molar-refractivity contribution in [3.63, 3.8) is 0 Å². The van der Waals surface area contributed by atoms with Crippen LogP contribution in [0.2, 0.25) is 5.02 Å². The number of piperidine rings is 1. The van der Waals surface area contributed by atoms with Crippen LogP contribution in [0.1, 0.15) is 45.5 Å². The van der Waals surface area contributed by atoms with Gasteiger partial charge in [0.15, 0.2) is 0 Å². The number of hydrogen-bond acceptors (Lipinski definition) is 3. The Balaban J connectivity index is 1.36. The standard InChI is InChI=1S/C28H25ClFN3O3/c29-23-11-8-20(30)16-22(23)25(34)32-21-9-6-18(7-10-21)26(35)33-15-13-28(12-3-14-31-27(28)36)17-19-4-1-2-5-24(19)33/h1-2,4-11,16H,3,12-15,17H2,(H,31,36)(H,32,34). The molecule has 2 N–H and O–H groups in total. The molecule has 1 fully saturated rings. The minimum Gasteiger partial charge on any atom is -0.356 e. The van der Waals surface area contributed by atoms with Crippen LogP contribution >= 0.6 is 11.6 Å². The lowest BCUT2D eigenvalue weighted by molar-refractivity contribution is -0.133. The highest BCUT2D eigenvalue weighted by atomic mass is 35.5. The molecular formula is C28H25ClFN3O3. The largest absolute Gasteiger partial charge is 0.356 e. The molecule has 1 atom stereocenters. The molecule has 3 aromatic carbocycles. The summed E-state index contributed by atoms with van der Waals surface area (Å²) >= 11 is 6.03. The molecule has 2 aliphatic heterocycles. The lowest BCUT2D eigenvalue weighted by atomic mass is 9.73. The van der Waals surface area contributed by atoms with E-state index < -0.39 is 17.1 Å². The Bertz CT molecular complexity index is 1340. The Labute approximate surface area is 213 Å². The zero-order chi connectivity index (χ0) is 25.3. The van der Waals surface area contributed by atoms with E-state index >= 15 is 0 Å². The summed E-state index contributed by atoms with van der Waals surface area (Å²) in [6.45, 7) is 1.12. The van der Waals surface area contributed by atoms with Crippen molar-refractivity contribution in [2.24, 2.45) is 5.41 Å². The Kier molecular flexibility index (Phi) is 6.49. The van der Waals surface area contributed by atoms with Gasteiger partial charge >= 0.3 is 0 Å². The molecule has 1 spiro atoms. The van der Waals surface area contributed by atoms with Crippen LogP contribution in [0.25, 0.3) is 0 Å². The third kappa shape index (κ3) is 4.58. The molecule has 184 valence electrons. The number of carbonyl (C=O) groups is 3. The molecule has 36 heavy (non-hydrogen) atoms. The van der Waals surface area contributed by atoms with Gasteiger partial charge in [-0.25, -0.2) is 4.39 Å². The molecule has 0 saturated carbocycles. The van der Waals surface area contributed by atoms with Crippen molar-refractivity contribution >= 4 is 40.7 Å². The molecule has 5 rings (SSSR count). The molecule has 2 aliphatic rings. The first kappa shape index (κ1) is 24.0. The predicted octanol–water partition coefficient (Wildman–Crippen LogP) is 5.22. The molecule has 8 heteroatoms. The van der Waals surface area contributed by atoms with Gasteiger partial charge in [0.2, 0.25) is 5.91 Å². The van der Waals surface area contributed by atoms with E-state index in [0.717, 1.165) is 30.2 Å². The fourth-order valence-electron chi connectivity index (χ4n) is 5.09. The second-order valence-electron chi connectivity index (χ2n) is 9.31. The van der Waals surface area contributed by atoms with Crippen LogP contribution in [-0.2, 0) is 11.2 Å². The summed E-state index contributed by atoms with van der Waals surface area (Å²) in [6.07, 6.45) is 2.92. The van der Waals surface area contributed by atoms with Gasteiger partial charge in [-0.1, -0.05) is 29.8 Å². The van der Waals surface area contributed by atoms with Gasteiger partial charge in [-0.2, -0.15) is 0 Å². The average Bonchev–Trinajstić information content (AvgIpc) is 3.05. The zero-order valence-corrected chi connectivity index (χ0v) is 20.3. The van der Waals surface area contributed by atoms with Crippen LogP contribution in [0.3, 0.4) is 0 Å². The molecular weight excluding hydrogens is 481 g/mol. The van der Waals surface area contributed by atoms with Crippen molar-refractivity contribution in [3.8, 4) is 0 Å². The summed E-state index contributed by atoms with van der Waals surface area (Å²) in [5, 5.41) is 5.84. The van der Waals surface area contributed by atoms with Gasteiger partial charge < -0.3 is 15.5 Å². The lowest BCUT2D eigenvalue weighted by Gasteiger charge is -2.35. The Morgan fingerprint density at radius 1 is 1.03 bits per heavy atom. The average molecular weight is 506 g/mol. The van der Waals surface area contributed by atoms with E-state index in [2.05, 4.69) is 10.6 Å². The predicted molar refractivity (Wildman–Crippen MR) is 137 cm³/mol. The molecule has 3 amide bonds. The number of halogens is 2. The van der Waals surface area contributed by atoms with Crippen LogP contribution in [0.4, 0.5) is 15.8 Å². The van der Waals surface area contributed by atoms with E-state index in [1.54, 1.807) is 29.2 Å². The van der Waals surface area contributed by atoms with E-state index in [-0.39, 0.29) is 22.4 Å². The van der Waals surface area contributed by atoms with Crippen molar-refractivity contribution < 1.29 is 18.8 Å². The van der Waals surface area contributed by atoms with Crippen LogP contribution in [0, 0.1) is 11.2 Å². The summed E-state index contributed by atoms with van der Waals surface area (Å²) in [6, 6.07) is 17.9. The van der Waals surface area contributed by atoms with Crippen molar-refractivity contribution in [2.75, 3.05) is 23.3 Å². The molecule has 2 heterocycles. The van der Waals surface area contributed by atoms with Gasteiger partial charge in [0.1, 0.15) is 5.82 Å². The summed E-state index contributed by atoms with van der Waals surface area (Å²) in [5.41, 5.74) is 2.22. The number of nitrogens with zero attached hydrogens (tertiary/aromatic N) is 1. The number of anilines is 2. The molecule has 6 nitrogen and oxygen atoms in total. The number of fused-ring (bicyclic) bond motifs is 1. The number of carbonyl (C=O) groups excluding carboxylic acids is 3. The number of benzene rings is 3. The first-order valence-electron chi connectivity index (χ1n) is 11.9. The van der Waals surface area contributed by atoms with Crippen LogP contribution in [0.15, 0.2) is 66.7 Å². The highest BCUT2D eigenvalue weighted by Crippen LogP contribution is 2.41. The van der Waals surface area contributed by atoms with E-state index in [1.165, 1.54) is 12.1 Å². The lowest BCUT2D eigenvalue weighted by Crippen LogP contribution is -2.48. The molecule has 1 unspecified atom stereocenters. The van der Waals surface area contributed by atoms with Gasteiger partial charge in [-0.15, -0.1) is 0 Å². The first-order chi connectivity index (χ1) is 17.4. The number of nitrogens with one attached hydrogen (secondary N) is 2. The van der Waals surface area contributed by atoms with Gasteiger partial charge in [0, 0.05) is 30.0 Å². The zero-order valence-electron chi connectivity index (χ0n) is 19.5. The minimum absolute atomic E-state index is 0.0265. The number of rotatable bonds is 3. The Hall–Kier alpha value is -3.71. The van der Waals surface area contributed by atoms with Gasteiger partial charge in [0.05, 0.1) is 16.0 Å². The van der Waals surface area contributed by atoms with E-state index in [9.17, 15) is 18.8 Å². The van der Waals surface area contributed by atoms with Crippen LogP contribution < -0.4 is 15.5 Å². The highest BCUT2D eigenvalue weighted by molar-refractivity contribution is 6.34. The van der Waals surface area contributed by atoms with E-state index in [0.29, 0.717) is 37.2 Å².